The lowest BCUT2D eigenvalue weighted by molar-refractivity contribution is 1.31. The molecule has 0 bridgehead atoms. The van der Waals surface area contributed by atoms with Crippen molar-refractivity contribution in [1.82, 2.24) is 15.0 Å². The van der Waals surface area contributed by atoms with Gasteiger partial charge in [0.05, 0.1) is 63.7 Å². The van der Waals surface area contributed by atoms with Gasteiger partial charge in [0.25, 0.3) is 0 Å². The first-order chi connectivity index (χ1) is 35.9. The van der Waals surface area contributed by atoms with Crippen molar-refractivity contribution in [2.24, 2.45) is 4.99 Å². The molecule has 73 heavy (non-hydrogen) atoms. The van der Waals surface area contributed by atoms with Crippen LogP contribution in [-0.2, 0) is 0 Å². The molecule has 0 aliphatic rings. The molecule has 8 heteroatoms. The fraction of sp³-hybridized carbons (Fsp3) is 0.0154. The number of aromatic nitrogens is 3. The molecule has 8 aromatic carbocycles. The van der Waals surface area contributed by atoms with Crippen molar-refractivity contribution in [1.29, 1.82) is 21.0 Å². The van der Waals surface area contributed by atoms with Gasteiger partial charge in [0, 0.05) is 46.4 Å². The van der Waals surface area contributed by atoms with Gasteiger partial charge in [-0.25, -0.2) is 0 Å². The van der Waals surface area contributed by atoms with Gasteiger partial charge in [-0.3, -0.25) is 19.9 Å². The van der Waals surface area contributed by atoms with E-state index in [1.54, 1.807) is 67.1 Å². The molecule has 0 saturated heterocycles. The molecule has 11 aromatic rings. The van der Waals surface area contributed by atoms with Gasteiger partial charge < -0.3 is 0 Å². The summed E-state index contributed by atoms with van der Waals surface area (Å²) < 4.78 is 0. The van der Waals surface area contributed by atoms with E-state index in [0.29, 0.717) is 28.0 Å². The number of nitriles is 4. The topological polar surface area (TPSA) is 146 Å². The van der Waals surface area contributed by atoms with Gasteiger partial charge in [0.15, 0.2) is 0 Å². The van der Waals surface area contributed by atoms with Crippen molar-refractivity contribution >= 4 is 44.7 Å². The van der Waals surface area contributed by atoms with Crippen LogP contribution in [0.2, 0.25) is 0 Å². The minimum Gasteiger partial charge on any atom is -0.264 e. The van der Waals surface area contributed by atoms with Crippen LogP contribution in [0, 0.1) is 45.3 Å². The molecule has 8 nitrogen and oxygen atoms in total. The summed E-state index contributed by atoms with van der Waals surface area (Å²) >= 11 is 0. The van der Waals surface area contributed by atoms with Crippen LogP contribution in [0.5, 0.6) is 0 Å². The summed E-state index contributed by atoms with van der Waals surface area (Å²) in [5.74, 6) is 0. The summed E-state index contributed by atoms with van der Waals surface area (Å²) in [6.07, 6.45) is 8.49. The van der Waals surface area contributed by atoms with Gasteiger partial charge in [0.2, 0.25) is 0 Å². The summed E-state index contributed by atoms with van der Waals surface area (Å²) in [5, 5.41) is 45.1. The summed E-state index contributed by atoms with van der Waals surface area (Å²) in [5.41, 5.74) is 16.7. The van der Waals surface area contributed by atoms with Crippen molar-refractivity contribution in [3.8, 4) is 103 Å². The fourth-order valence-corrected chi connectivity index (χ4v) is 9.75. The summed E-state index contributed by atoms with van der Waals surface area (Å²) in [4.78, 5) is 18.0. The number of rotatable bonds is 10. The lowest BCUT2D eigenvalue weighted by Gasteiger charge is -2.22. The molecule has 338 valence electrons. The van der Waals surface area contributed by atoms with E-state index >= 15 is 0 Å². The molecule has 0 atom stereocenters. The molecule has 0 fully saturated rings. The van der Waals surface area contributed by atoms with Gasteiger partial charge in [-0.2, -0.15) is 21.0 Å². The minimum atomic E-state index is 0.498. The first-order valence-corrected chi connectivity index (χ1v) is 23.4. The van der Waals surface area contributed by atoms with Crippen LogP contribution in [0.4, 0.5) is 0 Å². The zero-order valence-corrected chi connectivity index (χ0v) is 39.3. The van der Waals surface area contributed by atoms with E-state index in [1.165, 1.54) is 0 Å². The molecule has 0 saturated carbocycles. The highest BCUT2D eigenvalue weighted by molar-refractivity contribution is 6.32. The molecule has 3 aromatic heterocycles. The number of pyridine rings is 3. The first kappa shape index (κ1) is 44.8. The maximum absolute atomic E-state index is 9.68. The maximum Gasteiger partial charge on any atom is 0.0992 e. The highest BCUT2D eigenvalue weighted by Gasteiger charge is 2.22. The Kier molecular flexibility index (Phi) is 11.7. The van der Waals surface area contributed by atoms with E-state index in [0.717, 1.165) is 116 Å². The summed E-state index contributed by atoms with van der Waals surface area (Å²) in [6, 6.07) is 66.3. The van der Waals surface area contributed by atoms with Crippen LogP contribution in [0.15, 0.2) is 211 Å². The van der Waals surface area contributed by atoms with Crippen LogP contribution in [0.3, 0.4) is 0 Å². The number of allylic oxidation sites excluding steroid dienone is 3. The quantitative estimate of drug-likeness (QED) is 0.0574. The van der Waals surface area contributed by atoms with Crippen molar-refractivity contribution in [2.45, 2.75) is 6.92 Å². The van der Waals surface area contributed by atoms with Gasteiger partial charge in [0.1, 0.15) is 0 Å². The van der Waals surface area contributed by atoms with Crippen molar-refractivity contribution < 1.29 is 0 Å². The van der Waals surface area contributed by atoms with Gasteiger partial charge in [-0.15, -0.1) is 0 Å². The first-order valence-electron chi connectivity index (χ1n) is 23.4. The zero-order valence-electron chi connectivity index (χ0n) is 39.3. The Hall–Kier alpha value is -10.6. The highest BCUT2D eigenvalue weighted by atomic mass is 14.7. The molecule has 11 rings (SSSR count). The number of benzene rings is 8. The fourth-order valence-electron chi connectivity index (χ4n) is 9.75. The smallest absolute Gasteiger partial charge is 0.0992 e. The van der Waals surface area contributed by atoms with Crippen LogP contribution in [0.1, 0.15) is 29.2 Å². The number of hydrogen-bond donors (Lipinski definition) is 0. The van der Waals surface area contributed by atoms with Crippen LogP contribution in [0.25, 0.3) is 116 Å². The Morgan fingerprint density at radius 3 is 1.03 bits per heavy atom. The molecule has 0 unspecified atom stereocenters. The second-order valence-electron chi connectivity index (χ2n) is 17.5. The standard InChI is InChI=1S/C65H38N8/c1-3-40(36-66)30-60(70-2)48-12-4-44(5-13-48)56-34-57(45-6-14-49(15-7-45)61-31-41(37-67)24-27-71-61)53-22-23-55-59(47-10-18-51(19-11-47)63-33-43(39-69)26-29-73-63)35-58(54-21-20-52(56)64(53)65(54)55)46-8-16-50(17-9-46)62-32-42(38-68)25-28-72-62/h3-35H,2H2,1H3/b40-3+,60-30-. The van der Waals surface area contributed by atoms with Crippen LogP contribution >= 0.6 is 0 Å². The Morgan fingerprint density at radius 2 is 0.740 bits per heavy atom. The SMILES string of the molecule is C=N/C(=C\C(C#N)=C/C)c1ccc(-c2cc(-c3ccc(-c4cc(C#N)ccn4)cc3)c3ccc4c(-c5ccc(-c6cc(C#N)ccn6)cc5)cc(-c5ccc(-c6cc(C#N)ccn6)cc5)c5ccc2c3c54)cc1. The average molecular weight is 931 g/mol. The largest absolute Gasteiger partial charge is 0.264 e. The maximum atomic E-state index is 9.68. The molecule has 0 radical (unpaired) electrons. The summed E-state index contributed by atoms with van der Waals surface area (Å²) in [6.45, 7) is 5.64. The normalized spacial score (nSPS) is 11.5. The van der Waals surface area contributed by atoms with Gasteiger partial charge in [-0.1, -0.05) is 127 Å². The molecule has 0 aliphatic heterocycles. The lowest BCUT2D eigenvalue weighted by Crippen LogP contribution is -1.95. The Labute approximate surface area is 421 Å². The third-order valence-electron chi connectivity index (χ3n) is 13.4. The van der Waals surface area contributed by atoms with Crippen molar-refractivity contribution in [3.05, 3.63) is 228 Å². The molecule has 0 aliphatic carbocycles. The zero-order chi connectivity index (χ0) is 50.0. The van der Waals surface area contributed by atoms with Crippen molar-refractivity contribution in [2.75, 3.05) is 0 Å². The minimum absolute atomic E-state index is 0.498. The van der Waals surface area contributed by atoms with Crippen LogP contribution < -0.4 is 0 Å². The Balaban J connectivity index is 1.16. The molecular formula is C65H38N8. The van der Waals surface area contributed by atoms with Gasteiger partial charge in [-0.05, 0) is 145 Å². The Bertz CT molecular complexity index is 4110. The van der Waals surface area contributed by atoms with Gasteiger partial charge >= 0.3 is 0 Å². The lowest BCUT2D eigenvalue weighted by atomic mass is 9.81. The summed E-state index contributed by atoms with van der Waals surface area (Å²) in [7, 11) is 0. The van der Waals surface area contributed by atoms with E-state index in [1.807, 2.05) is 19.1 Å². The third kappa shape index (κ3) is 8.30. The van der Waals surface area contributed by atoms with E-state index in [2.05, 4.69) is 172 Å². The van der Waals surface area contributed by atoms with Crippen molar-refractivity contribution in [3.63, 3.8) is 0 Å². The van der Waals surface area contributed by atoms with Crippen LogP contribution in [-0.4, -0.2) is 21.7 Å². The second kappa shape index (κ2) is 19.0. The van der Waals surface area contributed by atoms with E-state index in [9.17, 15) is 21.0 Å². The predicted molar refractivity (Wildman–Crippen MR) is 293 cm³/mol. The molecular weight excluding hydrogens is 893 g/mol. The number of nitrogens with zero attached hydrogens (tertiary/aromatic N) is 8. The third-order valence-corrected chi connectivity index (χ3v) is 13.4. The molecule has 0 N–H and O–H groups in total. The van der Waals surface area contributed by atoms with E-state index in [4.69, 9.17) is 0 Å². The predicted octanol–water partition coefficient (Wildman–Crippen LogP) is 15.6. The molecule has 0 spiro atoms. The molecule has 0 amide bonds. The number of aliphatic imine (C=N–C) groups is 1. The van der Waals surface area contributed by atoms with E-state index in [-0.39, 0.29) is 0 Å². The second-order valence-corrected chi connectivity index (χ2v) is 17.5. The Morgan fingerprint density at radius 1 is 0.425 bits per heavy atom. The molecule has 3 heterocycles. The monoisotopic (exact) mass is 930 g/mol. The number of hydrogen-bond acceptors (Lipinski definition) is 8. The highest BCUT2D eigenvalue weighted by Crippen LogP contribution is 2.49. The van der Waals surface area contributed by atoms with E-state index < -0.39 is 0 Å². The average Bonchev–Trinajstić information content (AvgIpc) is 3.47.